The van der Waals surface area contributed by atoms with Gasteiger partial charge in [0.2, 0.25) is 6.79 Å². The van der Waals surface area contributed by atoms with Gasteiger partial charge in [-0.05, 0) is 37.0 Å². The summed E-state index contributed by atoms with van der Waals surface area (Å²) in [5.41, 5.74) is 4.03. The molecular weight excluding hydrogens is 424 g/mol. The van der Waals surface area contributed by atoms with E-state index in [1.54, 1.807) is 0 Å². The Morgan fingerprint density at radius 3 is 2.35 bits per heavy atom. The van der Waals surface area contributed by atoms with Gasteiger partial charge in [-0.2, -0.15) is 0 Å². The van der Waals surface area contributed by atoms with Gasteiger partial charge < -0.3 is 20.2 Å². The van der Waals surface area contributed by atoms with Crippen molar-refractivity contribution in [1.82, 2.24) is 10.2 Å². The molecular formula is C28H38N4O2. The zero-order valence-corrected chi connectivity index (χ0v) is 20.4. The number of nitrogens with zero attached hydrogens (tertiary/aromatic N) is 2. The van der Waals surface area contributed by atoms with E-state index < -0.39 is 0 Å². The number of para-hydroxylation sites is 2. The number of hydrogen-bond acceptors (Lipinski definition) is 6. The Labute approximate surface area is 203 Å². The van der Waals surface area contributed by atoms with Crippen molar-refractivity contribution < 1.29 is 9.47 Å². The van der Waals surface area contributed by atoms with Gasteiger partial charge in [-0.3, -0.25) is 9.89 Å². The standard InChI is InChI=1S/C28H38N4O2/c1-2-22-8-6-9-23(18-29)27(22)33-21-34-28-24(19-31-26-12-4-3-5-13-26)10-7-11-25(28)20-32-16-14-30-15-17-32/h6-11,18-19,26,29-30H,2-5,12-17,20-21H2,1H3/b29-18?,31-19+. The van der Waals surface area contributed by atoms with E-state index in [-0.39, 0.29) is 6.79 Å². The van der Waals surface area contributed by atoms with Crippen molar-refractivity contribution in [1.29, 1.82) is 5.41 Å². The average Bonchev–Trinajstić information content (AvgIpc) is 2.89. The highest BCUT2D eigenvalue weighted by molar-refractivity contribution is 5.84. The summed E-state index contributed by atoms with van der Waals surface area (Å²) in [6.07, 6.45) is 10.4. The second-order valence-electron chi connectivity index (χ2n) is 9.17. The summed E-state index contributed by atoms with van der Waals surface area (Å²) in [5.74, 6) is 1.59. The molecule has 2 aromatic rings. The van der Waals surface area contributed by atoms with Crippen LogP contribution in [0.5, 0.6) is 11.5 Å². The first-order valence-electron chi connectivity index (χ1n) is 12.7. The second kappa shape index (κ2) is 12.7. The van der Waals surface area contributed by atoms with Crippen molar-refractivity contribution in [3.05, 3.63) is 58.7 Å². The molecule has 0 atom stereocenters. The summed E-state index contributed by atoms with van der Waals surface area (Å²) < 4.78 is 12.4. The molecule has 1 aliphatic heterocycles. The Morgan fingerprint density at radius 1 is 0.971 bits per heavy atom. The van der Waals surface area contributed by atoms with Crippen molar-refractivity contribution in [3.8, 4) is 11.5 Å². The zero-order valence-electron chi connectivity index (χ0n) is 20.4. The van der Waals surface area contributed by atoms with Crippen LogP contribution in [-0.2, 0) is 13.0 Å². The molecule has 2 aromatic carbocycles. The van der Waals surface area contributed by atoms with Gasteiger partial charge in [-0.15, -0.1) is 0 Å². The monoisotopic (exact) mass is 462 g/mol. The summed E-state index contributed by atoms with van der Waals surface area (Å²) in [5, 5.41) is 11.2. The number of nitrogens with one attached hydrogen (secondary N) is 2. The number of ether oxygens (including phenoxy) is 2. The lowest BCUT2D eigenvalue weighted by Gasteiger charge is -2.28. The van der Waals surface area contributed by atoms with E-state index in [1.165, 1.54) is 38.3 Å². The van der Waals surface area contributed by atoms with Crippen LogP contribution in [0, 0.1) is 5.41 Å². The maximum atomic E-state index is 7.75. The number of aryl methyl sites for hydroxylation is 1. The highest BCUT2D eigenvalue weighted by atomic mass is 16.7. The van der Waals surface area contributed by atoms with Gasteiger partial charge in [0, 0.05) is 67.9 Å². The summed E-state index contributed by atoms with van der Waals surface area (Å²) in [6.45, 7) is 7.13. The Bertz CT molecular complexity index is 963. The quantitative estimate of drug-likeness (QED) is 0.392. The van der Waals surface area contributed by atoms with E-state index in [2.05, 4.69) is 35.3 Å². The van der Waals surface area contributed by atoms with Crippen LogP contribution < -0.4 is 14.8 Å². The van der Waals surface area contributed by atoms with Crippen molar-refractivity contribution in [2.45, 2.75) is 58.0 Å². The predicted octanol–water partition coefficient (Wildman–Crippen LogP) is 4.82. The van der Waals surface area contributed by atoms with E-state index in [0.717, 1.165) is 72.9 Å². The highest BCUT2D eigenvalue weighted by Crippen LogP contribution is 2.28. The van der Waals surface area contributed by atoms with E-state index in [1.807, 2.05) is 24.4 Å². The van der Waals surface area contributed by atoms with Gasteiger partial charge in [-0.1, -0.05) is 50.5 Å². The van der Waals surface area contributed by atoms with Gasteiger partial charge in [0.25, 0.3) is 0 Å². The fourth-order valence-electron chi connectivity index (χ4n) is 4.85. The summed E-state index contributed by atoms with van der Waals surface area (Å²) in [4.78, 5) is 7.38. The van der Waals surface area contributed by atoms with Crippen molar-refractivity contribution in [3.63, 3.8) is 0 Å². The number of benzene rings is 2. The van der Waals surface area contributed by atoms with Crippen molar-refractivity contribution >= 4 is 12.4 Å². The molecule has 0 bridgehead atoms. The van der Waals surface area contributed by atoms with Crippen LogP contribution in [0.3, 0.4) is 0 Å². The lowest BCUT2D eigenvalue weighted by molar-refractivity contribution is 0.115. The van der Waals surface area contributed by atoms with Crippen LogP contribution in [0.2, 0.25) is 0 Å². The largest absolute Gasteiger partial charge is 0.457 e. The molecule has 1 aliphatic carbocycles. The van der Waals surface area contributed by atoms with E-state index in [0.29, 0.717) is 6.04 Å². The highest BCUT2D eigenvalue weighted by Gasteiger charge is 2.17. The average molecular weight is 463 g/mol. The number of rotatable bonds is 10. The zero-order chi connectivity index (χ0) is 23.6. The molecule has 2 aliphatic rings. The molecule has 6 nitrogen and oxygen atoms in total. The van der Waals surface area contributed by atoms with Gasteiger partial charge in [0.15, 0.2) is 0 Å². The van der Waals surface area contributed by atoms with Crippen LogP contribution in [0.15, 0.2) is 41.4 Å². The Morgan fingerprint density at radius 2 is 1.65 bits per heavy atom. The molecule has 34 heavy (non-hydrogen) atoms. The maximum absolute atomic E-state index is 7.75. The molecule has 182 valence electrons. The fraction of sp³-hybridized carbons (Fsp3) is 0.500. The predicted molar refractivity (Wildman–Crippen MR) is 139 cm³/mol. The molecule has 2 N–H and O–H groups in total. The third-order valence-electron chi connectivity index (χ3n) is 6.80. The normalized spacial score (nSPS) is 17.7. The van der Waals surface area contributed by atoms with Crippen LogP contribution in [0.4, 0.5) is 0 Å². The molecule has 0 spiro atoms. The van der Waals surface area contributed by atoms with Gasteiger partial charge in [-0.25, -0.2) is 0 Å². The smallest absolute Gasteiger partial charge is 0.230 e. The van der Waals surface area contributed by atoms with Gasteiger partial charge in [0.05, 0.1) is 0 Å². The van der Waals surface area contributed by atoms with Crippen molar-refractivity contribution in [2.75, 3.05) is 33.0 Å². The Kier molecular flexibility index (Phi) is 9.11. The van der Waals surface area contributed by atoms with Crippen LogP contribution in [0.25, 0.3) is 0 Å². The first-order chi connectivity index (χ1) is 16.8. The maximum Gasteiger partial charge on any atom is 0.230 e. The minimum Gasteiger partial charge on any atom is -0.457 e. The molecule has 0 radical (unpaired) electrons. The Balaban J connectivity index is 1.54. The minimum atomic E-state index is 0.0979. The van der Waals surface area contributed by atoms with Crippen LogP contribution in [0.1, 0.15) is 61.3 Å². The molecule has 0 amide bonds. The Hall–Kier alpha value is -2.70. The minimum absolute atomic E-state index is 0.0979. The summed E-state index contributed by atoms with van der Waals surface area (Å²) >= 11 is 0. The second-order valence-corrected chi connectivity index (χ2v) is 9.17. The number of aliphatic imine (C=N–C) groups is 1. The topological polar surface area (TPSA) is 69.9 Å². The lowest BCUT2D eigenvalue weighted by atomic mass is 9.96. The van der Waals surface area contributed by atoms with Crippen LogP contribution in [-0.4, -0.2) is 56.3 Å². The third-order valence-corrected chi connectivity index (χ3v) is 6.80. The van der Waals surface area contributed by atoms with E-state index >= 15 is 0 Å². The first kappa shape index (κ1) is 24.4. The number of hydrogen-bond donors (Lipinski definition) is 2. The summed E-state index contributed by atoms with van der Waals surface area (Å²) in [7, 11) is 0. The summed E-state index contributed by atoms with van der Waals surface area (Å²) in [6, 6.07) is 12.7. The molecule has 4 rings (SSSR count). The van der Waals surface area contributed by atoms with Crippen molar-refractivity contribution in [2.24, 2.45) is 4.99 Å². The molecule has 0 aromatic heterocycles. The fourth-order valence-corrected chi connectivity index (χ4v) is 4.85. The molecule has 1 saturated carbocycles. The molecule has 0 unspecified atom stereocenters. The van der Waals surface area contributed by atoms with Crippen LogP contribution >= 0.6 is 0 Å². The third kappa shape index (κ3) is 6.45. The number of piperazine rings is 1. The van der Waals surface area contributed by atoms with Gasteiger partial charge in [0.1, 0.15) is 11.5 Å². The van der Waals surface area contributed by atoms with E-state index in [9.17, 15) is 0 Å². The molecule has 6 heteroatoms. The molecule has 2 fully saturated rings. The van der Waals surface area contributed by atoms with E-state index in [4.69, 9.17) is 19.9 Å². The molecule has 1 heterocycles. The van der Waals surface area contributed by atoms with Gasteiger partial charge >= 0.3 is 0 Å². The molecule has 1 saturated heterocycles. The first-order valence-corrected chi connectivity index (χ1v) is 12.7. The SMILES string of the molecule is CCc1cccc(C=N)c1OCOc1c(/C=N/C2CCCCC2)cccc1CN1CCNCC1. The lowest BCUT2D eigenvalue weighted by Crippen LogP contribution is -2.42.